The number of hydroxylamine groups is 6. The molecule has 0 aliphatic carbocycles. The van der Waals surface area contributed by atoms with Crippen LogP contribution >= 0.6 is 0 Å². The number of ether oxygens (including phenoxy) is 4. The fraction of sp³-hybridized carbons (Fsp3) is 0.829. The summed E-state index contributed by atoms with van der Waals surface area (Å²) in [6.45, 7) is -0.635. The zero-order valence-electron chi connectivity index (χ0n) is 38.3. The SMILES string of the molecule is CNC(CO)[C@H]1OC(O)[C@H](O[C@H]2O[C@H](COC(=O)CCC(=O)N(O)CCCCCNC(=O)CCC(=O)N(O)CCCCCNC(=O)CCC(=O)N(O)CCCCCO)[C@@H](O)[C@H](O)C2=O)[C@@H](O)[C@@H]1O. The van der Waals surface area contributed by atoms with Crippen molar-refractivity contribution in [2.24, 2.45) is 0 Å². The molecule has 2 fully saturated rings. The van der Waals surface area contributed by atoms with Gasteiger partial charge in [0.2, 0.25) is 41.6 Å². The molecule has 2 rings (SSSR count). The van der Waals surface area contributed by atoms with Crippen LogP contribution in [-0.4, -0.2) is 229 Å². The second kappa shape index (κ2) is 32.7. The van der Waals surface area contributed by atoms with Crippen LogP contribution in [0.15, 0.2) is 0 Å². The van der Waals surface area contributed by atoms with E-state index in [4.69, 9.17) is 24.1 Å². The highest BCUT2D eigenvalue weighted by atomic mass is 16.7. The van der Waals surface area contributed by atoms with Crippen molar-refractivity contribution in [3.8, 4) is 0 Å². The Labute approximate surface area is 393 Å². The summed E-state index contributed by atoms with van der Waals surface area (Å²) in [5.41, 5.74) is 0. The van der Waals surface area contributed by atoms with E-state index in [1.165, 1.54) is 7.05 Å². The Morgan fingerprint density at radius 1 is 0.632 bits per heavy atom. The first-order valence-electron chi connectivity index (χ1n) is 22.8. The summed E-state index contributed by atoms with van der Waals surface area (Å²) in [7, 11) is 1.44. The minimum absolute atomic E-state index is 0.0231. The van der Waals surface area contributed by atoms with E-state index in [1.807, 2.05) is 0 Å². The summed E-state index contributed by atoms with van der Waals surface area (Å²) in [6.07, 6.45) is -13.3. The number of carbonyl (C=O) groups is 7. The lowest BCUT2D eigenvalue weighted by molar-refractivity contribution is -0.331. The summed E-state index contributed by atoms with van der Waals surface area (Å²) in [5.74, 6) is -5.00. The van der Waals surface area contributed by atoms with Gasteiger partial charge in [-0.05, 0) is 64.8 Å². The number of hydrogen-bond acceptors (Lipinski definition) is 22. The molecule has 5 amide bonds. The van der Waals surface area contributed by atoms with E-state index in [9.17, 15) is 79.8 Å². The maximum Gasteiger partial charge on any atom is 0.306 e. The molecule has 0 saturated carbocycles. The number of aliphatic hydroxyl groups is 7. The van der Waals surface area contributed by atoms with Gasteiger partial charge >= 0.3 is 5.97 Å². The highest BCUT2D eigenvalue weighted by molar-refractivity contribution is 5.87. The molecule has 0 radical (unpaired) electrons. The van der Waals surface area contributed by atoms with Crippen LogP contribution in [0, 0.1) is 0 Å². The lowest BCUT2D eigenvalue weighted by atomic mass is 9.94. The van der Waals surface area contributed by atoms with Crippen LogP contribution in [0.5, 0.6) is 0 Å². The molecular weight excluding hydrogens is 912 g/mol. The zero-order chi connectivity index (χ0) is 50.8. The molecule has 0 aromatic rings. The van der Waals surface area contributed by atoms with Crippen LogP contribution in [0.1, 0.15) is 96.3 Å². The second-order valence-electron chi connectivity index (χ2n) is 16.3. The predicted octanol–water partition coefficient (Wildman–Crippen LogP) is -4.32. The molecule has 27 nitrogen and oxygen atoms in total. The Kier molecular flexibility index (Phi) is 28.9. The monoisotopic (exact) mass is 984 g/mol. The summed E-state index contributed by atoms with van der Waals surface area (Å²) in [5, 5.41) is 110. The van der Waals surface area contributed by atoms with Crippen LogP contribution < -0.4 is 16.0 Å². The third kappa shape index (κ3) is 21.3. The normalized spacial score (nSPS) is 24.2. The molecule has 0 spiro atoms. The third-order valence-electron chi connectivity index (χ3n) is 11.1. The maximum atomic E-state index is 12.6. The van der Waals surface area contributed by atoms with E-state index in [1.54, 1.807) is 0 Å². The smallest absolute Gasteiger partial charge is 0.306 e. The van der Waals surface area contributed by atoms with Crippen molar-refractivity contribution in [1.29, 1.82) is 0 Å². The largest absolute Gasteiger partial charge is 0.463 e. The van der Waals surface area contributed by atoms with E-state index in [0.29, 0.717) is 79.5 Å². The average Bonchev–Trinajstić information content (AvgIpc) is 3.32. The molecule has 2 aliphatic rings. The van der Waals surface area contributed by atoms with Crippen molar-refractivity contribution < 1.29 is 104 Å². The number of aliphatic hydroxyl groups excluding tert-OH is 7. The van der Waals surface area contributed by atoms with Gasteiger partial charge < -0.3 is 70.6 Å². The molecule has 68 heavy (non-hydrogen) atoms. The molecule has 392 valence electrons. The Morgan fingerprint density at radius 3 is 1.59 bits per heavy atom. The first-order valence-corrected chi connectivity index (χ1v) is 22.8. The molecule has 0 aromatic carbocycles. The van der Waals surface area contributed by atoms with Gasteiger partial charge in [-0.2, -0.15) is 0 Å². The number of carbonyl (C=O) groups excluding carboxylic acids is 7. The van der Waals surface area contributed by atoms with E-state index in [2.05, 4.69) is 16.0 Å². The van der Waals surface area contributed by atoms with Crippen LogP contribution in [-0.2, 0) is 52.5 Å². The van der Waals surface area contributed by atoms with Crippen LogP contribution in [0.4, 0.5) is 0 Å². The first-order chi connectivity index (χ1) is 32.4. The van der Waals surface area contributed by atoms with E-state index >= 15 is 0 Å². The number of nitrogens with zero attached hydrogens (tertiary/aromatic N) is 3. The van der Waals surface area contributed by atoms with Gasteiger partial charge in [-0.1, -0.05) is 0 Å². The Hall–Kier alpha value is -4.07. The van der Waals surface area contributed by atoms with Crippen LogP contribution in [0.3, 0.4) is 0 Å². The summed E-state index contributed by atoms with van der Waals surface area (Å²) in [6, 6.07) is -0.901. The summed E-state index contributed by atoms with van der Waals surface area (Å²) in [4.78, 5) is 85.7. The maximum absolute atomic E-state index is 12.6. The molecule has 2 heterocycles. The Morgan fingerprint density at radius 2 is 1.12 bits per heavy atom. The number of Topliss-reactive ketones (excluding diaryl/α,β-unsaturated/α-hetero) is 1. The molecule has 13 N–H and O–H groups in total. The third-order valence-corrected chi connectivity index (χ3v) is 11.1. The molecule has 10 atom stereocenters. The lowest BCUT2D eigenvalue weighted by Crippen LogP contribution is -2.65. The quantitative estimate of drug-likeness (QED) is 0.0128. The highest BCUT2D eigenvalue weighted by Crippen LogP contribution is 2.28. The van der Waals surface area contributed by atoms with Gasteiger partial charge in [-0.3, -0.25) is 49.2 Å². The number of esters is 1. The molecule has 27 heteroatoms. The average molecular weight is 985 g/mol. The number of unbranched alkanes of at least 4 members (excludes halogenated alkanes) is 6. The van der Waals surface area contributed by atoms with Crippen LogP contribution in [0.25, 0.3) is 0 Å². The van der Waals surface area contributed by atoms with Gasteiger partial charge in [-0.25, -0.2) is 15.2 Å². The summed E-state index contributed by atoms with van der Waals surface area (Å²) >= 11 is 0. The Bertz CT molecular complexity index is 1560. The van der Waals surface area contributed by atoms with Gasteiger partial charge in [-0.15, -0.1) is 0 Å². The first kappa shape index (κ1) is 60.1. The van der Waals surface area contributed by atoms with Gasteiger partial charge in [0.15, 0.2) is 6.29 Å². The zero-order valence-corrected chi connectivity index (χ0v) is 38.3. The second-order valence-corrected chi connectivity index (χ2v) is 16.3. The molecule has 2 aliphatic heterocycles. The minimum atomic E-state index is -2.11. The number of rotatable bonds is 33. The topological polar surface area (TPSA) is 405 Å². The molecular formula is C41H72N6O21. The predicted molar refractivity (Wildman–Crippen MR) is 227 cm³/mol. The van der Waals surface area contributed by atoms with Crippen molar-refractivity contribution >= 4 is 41.3 Å². The Balaban J connectivity index is 1.55. The van der Waals surface area contributed by atoms with E-state index < -0.39 is 123 Å². The fourth-order valence-corrected chi connectivity index (χ4v) is 6.88. The van der Waals surface area contributed by atoms with Gasteiger partial charge in [0.25, 0.3) is 0 Å². The van der Waals surface area contributed by atoms with Crippen molar-refractivity contribution in [2.75, 3.05) is 59.6 Å². The van der Waals surface area contributed by atoms with Crippen molar-refractivity contribution in [3.63, 3.8) is 0 Å². The molecule has 0 aromatic heterocycles. The van der Waals surface area contributed by atoms with E-state index in [0.717, 1.165) is 0 Å². The van der Waals surface area contributed by atoms with Crippen molar-refractivity contribution in [1.82, 2.24) is 31.1 Å². The highest BCUT2D eigenvalue weighted by Gasteiger charge is 2.51. The lowest BCUT2D eigenvalue weighted by Gasteiger charge is -2.44. The number of ketones is 1. The van der Waals surface area contributed by atoms with Crippen molar-refractivity contribution in [2.45, 2.75) is 158 Å². The molecule has 0 bridgehead atoms. The molecule has 2 saturated heterocycles. The standard InChI is InChI=1S/C41H72N6O21/c1-42-25(23-49)38-35(58)36(59)39(40(61)67-38)68-41-37(60)34(57)33(56)26(66-41)24-65-32(55)16-15-31(54)47(64)20-8-3-6-18-44-27(50)11-13-29(52)45(62)19-7-2-5-17-43-28(51)12-14-30(53)46(63)21-9-4-10-22-48/h25-26,33-36,38-42,48-49,56-59,61-64H,2-24H2,1H3,(H,43,51)(H,44,50)/t25?,26-,33-,34+,35+,36+,38-,39-,40?,41-/m1/s1. The number of amides is 5. The van der Waals surface area contributed by atoms with Gasteiger partial charge in [0, 0.05) is 71.4 Å². The molecule has 2 unspecified atom stereocenters. The van der Waals surface area contributed by atoms with Gasteiger partial charge in [0.05, 0.1) is 19.1 Å². The van der Waals surface area contributed by atoms with Crippen LogP contribution in [0.2, 0.25) is 0 Å². The van der Waals surface area contributed by atoms with E-state index in [-0.39, 0.29) is 64.4 Å². The number of hydrogen-bond donors (Lipinski definition) is 13. The fourth-order valence-electron chi connectivity index (χ4n) is 6.88. The minimum Gasteiger partial charge on any atom is -0.463 e. The summed E-state index contributed by atoms with van der Waals surface area (Å²) < 4.78 is 21.0. The number of likely N-dealkylation sites (N-methyl/N-ethyl adjacent to an activating group) is 1. The van der Waals surface area contributed by atoms with Gasteiger partial charge in [0.1, 0.15) is 49.3 Å². The number of nitrogens with one attached hydrogen (secondary N) is 3. The van der Waals surface area contributed by atoms with Crippen molar-refractivity contribution in [3.05, 3.63) is 0 Å².